The Bertz CT molecular complexity index is 821. The number of carbonyl (C=O) groups is 2. The second-order valence-corrected chi connectivity index (χ2v) is 7.10. The first-order valence-electron chi connectivity index (χ1n) is 7.71. The van der Waals surface area contributed by atoms with Gasteiger partial charge in [-0.2, -0.15) is 0 Å². The molecule has 1 atom stereocenters. The maximum atomic E-state index is 12.6. The van der Waals surface area contributed by atoms with Crippen molar-refractivity contribution in [3.8, 4) is 0 Å². The van der Waals surface area contributed by atoms with Crippen molar-refractivity contribution >= 4 is 29.1 Å². The van der Waals surface area contributed by atoms with Crippen molar-refractivity contribution in [2.75, 3.05) is 5.32 Å². The Balaban J connectivity index is 1.70. The summed E-state index contributed by atoms with van der Waals surface area (Å²) in [5, 5.41) is 9.33. The Morgan fingerprint density at radius 2 is 2.00 bits per heavy atom. The number of H-pyrrole nitrogens is 1. The average molecular weight is 346 g/mol. The van der Waals surface area contributed by atoms with Gasteiger partial charge in [-0.25, -0.2) is 9.89 Å². The van der Waals surface area contributed by atoms with Gasteiger partial charge in [0.1, 0.15) is 0 Å². The fourth-order valence-corrected chi connectivity index (χ4v) is 3.40. The largest absolute Gasteiger partial charge is 0.344 e. The number of Topliss-reactive ketones (excluding diaryl/α,β-unsaturated/α-hetero) is 1. The standard InChI is InChI=1S/C16H18N4O3S/c1-9(24-16-19-18-15(23)20(16)13-7-8-13)14(22)11-3-5-12(6-4-11)17-10(2)21/h3-6,9,13H,7-8H2,1-2H3,(H,17,21)(H,18,23)/t9-/m0/s1. The number of anilines is 1. The summed E-state index contributed by atoms with van der Waals surface area (Å²) in [5.74, 6) is -0.207. The fourth-order valence-electron chi connectivity index (χ4n) is 2.40. The van der Waals surface area contributed by atoms with Gasteiger partial charge in [-0.15, -0.1) is 5.10 Å². The van der Waals surface area contributed by atoms with Crippen LogP contribution in [0.5, 0.6) is 0 Å². The number of aromatic amines is 1. The molecule has 0 radical (unpaired) electrons. The van der Waals surface area contributed by atoms with E-state index in [4.69, 9.17) is 0 Å². The minimum absolute atomic E-state index is 0.0489. The third-order valence-corrected chi connectivity index (χ3v) is 4.79. The highest BCUT2D eigenvalue weighted by Gasteiger charge is 2.30. The molecule has 0 aliphatic heterocycles. The van der Waals surface area contributed by atoms with Gasteiger partial charge >= 0.3 is 5.69 Å². The van der Waals surface area contributed by atoms with Gasteiger partial charge in [-0.1, -0.05) is 11.8 Å². The van der Waals surface area contributed by atoms with E-state index >= 15 is 0 Å². The van der Waals surface area contributed by atoms with Crippen molar-refractivity contribution in [1.82, 2.24) is 14.8 Å². The van der Waals surface area contributed by atoms with E-state index in [0.717, 1.165) is 12.8 Å². The molecule has 0 unspecified atom stereocenters. The predicted molar refractivity (Wildman–Crippen MR) is 91.5 cm³/mol. The molecule has 1 aromatic carbocycles. The lowest BCUT2D eigenvalue weighted by Gasteiger charge is -2.11. The molecule has 3 rings (SSSR count). The summed E-state index contributed by atoms with van der Waals surface area (Å²) in [6, 6.07) is 6.96. The summed E-state index contributed by atoms with van der Waals surface area (Å²) in [5.41, 5.74) is 0.980. The zero-order valence-corrected chi connectivity index (χ0v) is 14.2. The maximum absolute atomic E-state index is 12.6. The lowest BCUT2D eigenvalue weighted by Crippen LogP contribution is -2.18. The van der Waals surface area contributed by atoms with E-state index in [-0.39, 0.29) is 28.7 Å². The van der Waals surface area contributed by atoms with Crippen LogP contribution in [0.2, 0.25) is 0 Å². The molecule has 1 fully saturated rings. The summed E-state index contributed by atoms with van der Waals surface area (Å²) >= 11 is 1.28. The second kappa shape index (κ2) is 6.64. The molecule has 2 N–H and O–H groups in total. The summed E-state index contributed by atoms with van der Waals surface area (Å²) < 4.78 is 1.63. The van der Waals surface area contributed by atoms with Gasteiger partial charge in [0.15, 0.2) is 10.9 Å². The first-order chi connectivity index (χ1) is 11.5. The second-order valence-electron chi connectivity index (χ2n) is 5.80. The highest BCUT2D eigenvalue weighted by atomic mass is 32.2. The van der Waals surface area contributed by atoms with Crippen LogP contribution >= 0.6 is 11.8 Å². The molecule has 1 amide bonds. The van der Waals surface area contributed by atoms with Gasteiger partial charge in [0.2, 0.25) is 5.91 Å². The van der Waals surface area contributed by atoms with Gasteiger partial charge in [-0.05, 0) is 44.0 Å². The predicted octanol–water partition coefficient (Wildman–Crippen LogP) is 2.23. The average Bonchev–Trinajstić information content (AvgIpc) is 3.31. The molecule has 2 aromatic rings. The smallest absolute Gasteiger partial charge is 0.326 e. The van der Waals surface area contributed by atoms with Crippen LogP contribution in [0.4, 0.5) is 5.69 Å². The number of ketones is 1. The Morgan fingerprint density at radius 3 is 2.58 bits per heavy atom. The Morgan fingerprint density at radius 1 is 1.33 bits per heavy atom. The van der Waals surface area contributed by atoms with Crippen LogP contribution in [0.3, 0.4) is 0 Å². The highest BCUT2D eigenvalue weighted by Crippen LogP contribution is 2.37. The molecule has 1 saturated carbocycles. The van der Waals surface area contributed by atoms with Gasteiger partial charge in [0.25, 0.3) is 0 Å². The van der Waals surface area contributed by atoms with Gasteiger partial charge in [0, 0.05) is 24.2 Å². The monoisotopic (exact) mass is 346 g/mol. The number of nitrogens with one attached hydrogen (secondary N) is 2. The molecule has 1 aliphatic rings. The van der Waals surface area contributed by atoms with Crippen molar-refractivity contribution in [1.29, 1.82) is 0 Å². The molecule has 1 heterocycles. The molecule has 0 bridgehead atoms. The molecule has 8 heteroatoms. The summed E-state index contributed by atoms with van der Waals surface area (Å²) in [7, 11) is 0. The molecule has 24 heavy (non-hydrogen) atoms. The Hall–Kier alpha value is -2.35. The van der Waals surface area contributed by atoms with Crippen LogP contribution in [0.1, 0.15) is 43.1 Å². The van der Waals surface area contributed by atoms with Gasteiger partial charge < -0.3 is 5.32 Å². The number of rotatable bonds is 6. The van der Waals surface area contributed by atoms with E-state index < -0.39 is 0 Å². The number of thioether (sulfide) groups is 1. The topological polar surface area (TPSA) is 96.8 Å². The molecule has 1 aliphatic carbocycles. The van der Waals surface area contributed by atoms with Gasteiger partial charge in [0.05, 0.1) is 5.25 Å². The number of carbonyl (C=O) groups excluding carboxylic acids is 2. The van der Waals surface area contributed by atoms with Crippen LogP contribution < -0.4 is 11.0 Å². The number of hydrogen-bond acceptors (Lipinski definition) is 5. The van der Waals surface area contributed by atoms with E-state index in [1.165, 1.54) is 18.7 Å². The van der Waals surface area contributed by atoms with Crippen molar-refractivity contribution in [3.63, 3.8) is 0 Å². The minimum Gasteiger partial charge on any atom is -0.326 e. The lowest BCUT2D eigenvalue weighted by molar-refractivity contribution is -0.114. The normalized spacial score (nSPS) is 15.1. The van der Waals surface area contributed by atoms with Crippen LogP contribution in [0.25, 0.3) is 0 Å². The number of hydrogen-bond donors (Lipinski definition) is 2. The number of amides is 1. The molecule has 1 aromatic heterocycles. The summed E-state index contributed by atoms with van der Waals surface area (Å²) in [6.07, 6.45) is 1.94. The molecular formula is C16H18N4O3S. The van der Waals surface area contributed by atoms with Crippen LogP contribution in [-0.4, -0.2) is 31.7 Å². The minimum atomic E-state index is -0.371. The molecular weight excluding hydrogens is 328 g/mol. The molecule has 0 spiro atoms. The zero-order chi connectivity index (χ0) is 17.3. The third kappa shape index (κ3) is 3.59. The number of aromatic nitrogens is 3. The SMILES string of the molecule is CC(=O)Nc1ccc(C(=O)[C@H](C)Sc2n[nH]c(=O)n2C2CC2)cc1. The van der Waals surface area contributed by atoms with E-state index in [2.05, 4.69) is 15.5 Å². The quantitative estimate of drug-likeness (QED) is 0.617. The Labute approximate surface area is 142 Å². The highest BCUT2D eigenvalue weighted by molar-refractivity contribution is 8.00. The van der Waals surface area contributed by atoms with E-state index in [0.29, 0.717) is 16.4 Å². The summed E-state index contributed by atoms with van der Waals surface area (Å²) in [6.45, 7) is 3.23. The summed E-state index contributed by atoms with van der Waals surface area (Å²) in [4.78, 5) is 35.4. The fraction of sp³-hybridized carbons (Fsp3) is 0.375. The Kier molecular flexibility index (Phi) is 4.57. The van der Waals surface area contributed by atoms with E-state index in [1.54, 1.807) is 35.8 Å². The number of nitrogens with zero attached hydrogens (tertiary/aromatic N) is 2. The van der Waals surface area contributed by atoms with Crippen molar-refractivity contribution in [3.05, 3.63) is 40.3 Å². The first-order valence-corrected chi connectivity index (χ1v) is 8.59. The lowest BCUT2D eigenvalue weighted by atomic mass is 10.1. The van der Waals surface area contributed by atoms with Crippen LogP contribution in [-0.2, 0) is 4.79 Å². The zero-order valence-electron chi connectivity index (χ0n) is 13.4. The molecule has 0 saturated heterocycles. The van der Waals surface area contributed by atoms with Crippen molar-refractivity contribution < 1.29 is 9.59 Å². The van der Waals surface area contributed by atoms with E-state index in [1.807, 2.05) is 0 Å². The van der Waals surface area contributed by atoms with Gasteiger partial charge in [-0.3, -0.25) is 14.2 Å². The van der Waals surface area contributed by atoms with Crippen LogP contribution in [0.15, 0.2) is 34.2 Å². The third-order valence-electron chi connectivity index (χ3n) is 3.73. The molecule has 126 valence electrons. The first kappa shape index (κ1) is 16.5. The van der Waals surface area contributed by atoms with E-state index in [9.17, 15) is 14.4 Å². The number of benzene rings is 1. The van der Waals surface area contributed by atoms with Crippen molar-refractivity contribution in [2.45, 2.75) is 43.1 Å². The maximum Gasteiger partial charge on any atom is 0.344 e. The van der Waals surface area contributed by atoms with Crippen molar-refractivity contribution in [2.24, 2.45) is 0 Å². The molecule has 7 nitrogen and oxygen atoms in total. The van der Waals surface area contributed by atoms with Crippen LogP contribution in [0, 0.1) is 0 Å².